The first kappa shape index (κ1) is 17.8. The van der Waals surface area contributed by atoms with Gasteiger partial charge in [0, 0.05) is 21.3 Å². The molecule has 0 fully saturated rings. The lowest BCUT2D eigenvalue weighted by Gasteiger charge is -2.07. The van der Waals surface area contributed by atoms with Crippen LogP contribution >= 0.6 is 23.2 Å². The third-order valence-electron chi connectivity index (χ3n) is 3.05. The molecule has 2 rings (SSSR count). The summed E-state index contributed by atoms with van der Waals surface area (Å²) in [6.45, 7) is 0. The fourth-order valence-electron chi connectivity index (χ4n) is 1.88. The number of nitrogens with one attached hydrogen (secondary N) is 1. The maximum Gasteiger partial charge on any atom is 0.280 e. The number of benzene rings is 2. The molecule has 0 saturated heterocycles. The first-order valence-electron chi connectivity index (χ1n) is 6.83. The molecule has 5 N–H and O–H groups in total. The molecule has 2 aromatic carbocycles. The molecule has 0 heterocycles. The van der Waals surface area contributed by atoms with Crippen molar-refractivity contribution in [1.29, 1.82) is 0 Å². The number of carbonyl (C=O) groups excluding carboxylic acids is 2. The van der Waals surface area contributed by atoms with Crippen molar-refractivity contribution < 1.29 is 9.59 Å². The van der Waals surface area contributed by atoms with Crippen LogP contribution in [0.2, 0.25) is 10.0 Å². The van der Waals surface area contributed by atoms with E-state index in [-0.39, 0.29) is 12.4 Å². The minimum atomic E-state index is -0.594. The highest BCUT2D eigenvalue weighted by atomic mass is 35.5. The minimum Gasteiger partial charge on any atom is -0.399 e. The molecule has 2 aromatic rings. The maximum atomic E-state index is 12.0. The summed E-state index contributed by atoms with van der Waals surface area (Å²) in [7, 11) is 0. The summed E-state index contributed by atoms with van der Waals surface area (Å²) < 4.78 is 0. The normalized spacial score (nSPS) is 11.2. The predicted molar refractivity (Wildman–Crippen MR) is 95.1 cm³/mol. The van der Waals surface area contributed by atoms with Gasteiger partial charge in [-0.05, 0) is 42.0 Å². The Morgan fingerprint density at radius 3 is 2.21 bits per heavy atom. The molecule has 0 radical (unpaired) electrons. The number of anilines is 1. The predicted octanol–water partition coefficient (Wildman–Crippen LogP) is 2.39. The van der Waals surface area contributed by atoms with Crippen LogP contribution in [-0.4, -0.2) is 17.8 Å². The third-order valence-corrected chi connectivity index (χ3v) is 3.75. The minimum absolute atomic E-state index is 0.0925. The molecule has 0 bridgehead atoms. The van der Waals surface area contributed by atoms with Gasteiger partial charge in [0.25, 0.3) is 5.91 Å². The molecule has 0 atom stereocenters. The van der Waals surface area contributed by atoms with E-state index in [2.05, 4.69) is 10.3 Å². The zero-order valence-corrected chi connectivity index (χ0v) is 13.9. The van der Waals surface area contributed by atoms with Gasteiger partial charge >= 0.3 is 0 Å². The SMILES string of the molecule is NC(=NC(=O)c1ccc(N)cc1)NC(=O)Cc1c(Cl)cccc1Cl. The van der Waals surface area contributed by atoms with Crippen LogP contribution in [0.3, 0.4) is 0 Å². The fraction of sp³-hybridized carbons (Fsp3) is 0.0625. The van der Waals surface area contributed by atoms with Crippen LogP contribution < -0.4 is 16.8 Å². The van der Waals surface area contributed by atoms with Crippen LogP contribution in [0.5, 0.6) is 0 Å². The van der Waals surface area contributed by atoms with Crippen molar-refractivity contribution in [1.82, 2.24) is 5.32 Å². The van der Waals surface area contributed by atoms with E-state index in [9.17, 15) is 9.59 Å². The lowest BCUT2D eigenvalue weighted by Crippen LogP contribution is -2.38. The summed E-state index contributed by atoms with van der Waals surface area (Å²) in [4.78, 5) is 27.5. The average Bonchev–Trinajstić information content (AvgIpc) is 2.51. The van der Waals surface area contributed by atoms with Gasteiger partial charge in [-0.3, -0.25) is 14.9 Å². The first-order valence-corrected chi connectivity index (χ1v) is 7.59. The number of aliphatic imine (C=N–C) groups is 1. The highest BCUT2D eigenvalue weighted by Gasteiger charge is 2.12. The summed E-state index contributed by atoms with van der Waals surface area (Å²) in [5.74, 6) is -1.40. The number of carbonyl (C=O) groups is 2. The number of hydrogen-bond donors (Lipinski definition) is 3. The molecule has 124 valence electrons. The molecule has 8 heteroatoms. The van der Waals surface area contributed by atoms with Crippen LogP contribution in [0.25, 0.3) is 0 Å². The molecule has 2 amide bonds. The molecule has 0 aromatic heterocycles. The van der Waals surface area contributed by atoms with Crippen LogP contribution in [0.1, 0.15) is 15.9 Å². The van der Waals surface area contributed by atoms with Crippen molar-refractivity contribution in [3.8, 4) is 0 Å². The Kier molecular flexibility index (Phi) is 5.78. The largest absolute Gasteiger partial charge is 0.399 e. The summed E-state index contributed by atoms with van der Waals surface area (Å²) >= 11 is 12.0. The monoisotopic (exact) mass is 364 g/mol. The number of rotatable bonds is 3. The zero-order chi connectivity index (χ0) is 17.7. The van der Waals surface area contributed by atoms with E-state index in [0.717, 1.165) is 0 Å². The number of hydrogen-bond acceptors (Lipinski definition) is 3. The molecular formula is C16H14Cl2N4O2. The first-order chi connectivity index (χ1) is 11.4. The van der Waals surface area contributed by atoms with Crippen LogP contribution in [-0.2, 0) is 11.2 Å². The van der Waals surface area contributed by atoms with Crippen LogP contribution in [0, 0.1) is 0 Å². The Bertz CT molecular complexity index is 784. The Hall–Kier alpha value is -2.57. The van der Waals surface area contributed by atoms with E-state index in [1.807, 2.05) is 0 Å². The second kappa shape index (κ2) is 7.81. The molecule has 24 heavy (non-hydrogen) atoms. The summed E-state index contributed by atoms with van der Waals surface area (Å²) in [6, 6.07) is 11.1. The molecule has 0 unspecified atom stereocenters. The quantitative estimate of drug-likeness (QED) is 0.441. The zero-order valence-electron chi connectivity index (χ0n) is 12.4. The van der Waals surface area contributed by atoms with E-state index in [1.54, 1.807) is 30.3 Å². The molecular weight excluding hydrogens is 351 g/mol. The number of halogens is 2. The van der Waals surface area contributed by atoms with E-state index >= 15 is 0 Å². The van der Waals surface area contributed by atoms with Crippen molar-refractivity contribution in [2.75, 3.05) is 5.73 Å². The van der Waals surface area contributed by atoms with Gasteiger partial charge in [-0.1, -0.05) is 29.3 Å². The van der Waals surface area contributed by atoms with E-state index in [1.165, 1.54) is 12.1 Å². The van der Waals surface area contributed by atoms with Crippen LogP contribution in [0.15, 0.2) is 47.5 Å². The lowest BCUT2D eigenvalue weighted by atomic mass is 10.1. The Balaban J connectivity index is 2.03. The average molecular weight is 365 g/mol. The van der Waals surface area contributed by atoms with Gasteiger partial charge in [-0.25, -0.2) is 0 Å². The topological polar surface area (TPSA) is 111 Å². The van der Waals surface area contributed by atoms with E-state index < -0.39 is 11.8 Å². The molecule has 0 spiro atoms. The second-order valence-electron chi connectivity index (χ2n) is 4.85. The highest BCUT2D eigenvalue weighted by Crippen LogP contribution is 2.24. The second-order valence-corrected chi connectivity index (χ2v) is 5.66. The Labute approximate surface area is 148 Å². The number of guanidine groups is 1. The Morgan fingerprint density at radius 2 is 1.62 bits per heavy atom. The number of nitrogen functional groups attached to an aromatic ring is 1. The summed E-state index contributed by atoms with van der Waals surface area (Å²) in [5.41, 5.74) is 12.4. The molecule has 6 nitrogen and oxygen atoms in total. The van der Waals surface area contributed by atoms with E-state index in [4.69, 9.17) is 34.7 Å². The molecule has 0 aliphatic heterocycles. The van der Waals surface area contributed by atoms with Crippen molar-refractivity contribution in [2.24, 2.45) is 10.7 Å². The number of amides is 2. The van der Waals surface area contributed by atoms with Crippen molar-refractivity contribution in [3.63, 3.8) is 0 Å². The van der Waals surface area contributed by atoms with Crippen LogP contribution in [0.4, 0.5) is 5.69 Å². The van der Waals surface area contributed by atoms with Gasteiger partial charge in [0.15, 0.2) is 0 Å². The molecule has 0 aliphatic carbocycles. The lowest BCUT2D eigenvalue weighted by molar-refractivity contribution is -0.119. The van der Waals surface area contributed by atoms with E-state index in [0.29, 0.717) is 26.9 Å². The summed E-state index contributed by atoms with van der Waals surface area (Å²) in [6.07, 6.45) is -0.0925. The standard InChI is InChI=1S/C16H14Cl2N4O2/c17-12-2-1-3-13(18)11(12)8-14(23)21-16(20)22-15(24)9-4-6-10(19)7-5-9/h1-7H,8,19H2,(H3,20,21,22,23,24). The van der Waals surface area contributed by atoms with Gasteiger partial charge in [0.2, 0.25) is 11.9 Å². The smallest absolute Gasteiger partial charge is 0.280 e. The van der Waals surface area contributed by atoms with Gasteiger partial charge in [0.05, 0.1) is 6.42 Å². The third kappa shape index (κ3) is 4.71. The maximum absolute atomic E-state index is 12.0. The highest BCUT2D eigenvalue weighted by molar-refractivity contribution is 6.36. The summed E-state index contributed by atoms with van der Waals surface area (Å²) in [5, 5.41) is 3.05. The number of nitrogens with two attached hydrogens (primary N) is 2. The number of nitrogens with zero attached hydrogens (tertiary/aromatic N) is 1. The van der Waals surface area contributed by atoms with Crippen molar-refractivity contribution >= 4 is 46.7 Å². The molecule has 0 saturated carbocycles. The molecule has 0 aliphatic rings. The van der Waals surface area contributed by atoms with Crippen molar-refractivity contribution in [3.05, 3.63) is 63.6 Å². The van der Waals surface area contributed by atoms with Crippen molar-refractivity contribution in [2.45, 2.75) is 6.42 Å². The fourth-order valence-corrected chi connectivity index (χ4v) is 2.41. The van der Waals surface area contributed by atoms with Gasteiger partial charge < -0.3 is 11.5 Å². The van der Waals surface area contributed by atoms with Gasteiger partial charge in [-0.15, -0.1) is 0 Å². The Morgan fingerprint density at radius 1 is 1.04 bits per heavy atom. The van der Waals surface area contributed by atoms with Gasteiger partial charge in [0.1, 0.15) is 0 Å². The van der Waals surface area contributed by atoms with Gasteiger partial charge in [-0.2, -0.15) is 4.99 Å².